The van der Waals surface area contributed by atoms with Gasteiger partial charge in [-0.2, -0.15) is 0 Å². The van der Waals surface area contributed by atoms with Crippen molar-refractivity contribution < 1.29 is 33.4 Å². The number of ketones is 2. The Morgan fingerprint density at radius 2 is 1.66 bits per heavy atom. The summed E-state index contributed by atoms with van der Waals surface area (Å²) >= 11 is 0. The number of carbonyl (C=O) groups is 5. The molecule has 0 radical (unpaired) electrons. The first kappa shape index (κ1) is 27.4. The van der Waals surface area contributed by atoms with Crippen LogP contribution in [0.5, 0.6) is 0 Å². The SMILES string of the molecule is CCCC(=O)CSSC[C@H](NC(=O)CC[C@H](N)C(=O)OC)C(=O)CCC(=O)OC. The average Bonchev–Trinajstić information content (AvgIpc) is 2.71. The molecule has 0 unspecified atom stereocenters. The van der Waals surface area contributed by atoms with Crippen molar-refractivity contribution in [1.29, 1.82) is 0 Å². The Morgan fingerprint density at radius 3 is 2.24 bits per heavy atom. The summed E-state index contributed by atoms with van der Waals surface area (Å²) in [5.74, 6) is -1.18. The van der Waals surface area contributed by atoms with Crippen LogP contribution in [0.3, 0.4) is 0 Å². The molecule has 0 aromatic carbocycles. The van der Waals surface area contributed by atoms with E-state index >= 15 is 0 Å². The predicted molar refractivity (Wildman–Crippen MR) is 112 cm³/mol. The summed E-state index contributed by atoms with van der Waals surface area (Å²) in [5, 5.41) is 2.62. The molecule has 0 heterocycles. The van der Waals surface area contributed by atoms with Gasteiger partial charge in [0, 0.05) is 25.0 Å². The van der Waals surface area contributed by atoms with Crippen molar-refractivity contribution in [3.05, 3.63) is 0 Å². The van der Waals surface area contributed by atoms with Gasteiger partial charge in [0.2, 0.25) is 5.91 Å². The lowest BCUT2D eigenvalue weighted by molar-refractivity contribution is -0.142. The van der Waals surface area contributed by atoms with Crippen molar-refractivity contribution in [2.24, 2.45) is 5.73 Å². The molecule has 0 spiro atoms. The summed E-state index contributed by atoms with van der Waals surface area (Å²) in [6.45, 7) is 1.92. The van der Waals surface area contributed by atoms with Crippen LogP contribution >= 0.6 is 21.6 Å². The van der Waals surface area contributed by atoms with E-state index in [1.54, 1.807) is 0 Å². The minimum Gasteiger partial charge on any atom is -0.469 e. The Hall–Kier alpha value is -1.59. The number of rotatable bonds is 16. The Kier molecular flexibility index (Phi) is 15.3. The zero-order chi connectivity index (χ0) is 22.2. The van der Waals surface area contributed by atoms with Gasteiger partial charge in [0.1, 0.15) is 11.8 Å². The molecule has 2 atom stereocenters. The number of amides is 1. The van der Waals surface area contributed by atoms with E-state index in [1.165, 1.54) is 35.8 Å². The molecule has 0 rings (SSSR count). The molecule has 9 nitrogen and oxygen atoms in total. The molecule has 0 aliphatic heterocycles. The van der Waals surface area contributed by atoms with Crippen LogP contribution in [-0.4, -0.2) is 67.2 Å². The van der Waals surface area contributed by atoms with Crippen LogP contribution in [0.25, 0.3) is 0 Å². The molecule has 0 saturated carbocycles. The number of hydrogen-bond acceptors (Lipinski definition) is 10. The number of Topliss-reactive ketones (excluding diaryl/α,β-unsaturated/α-hetero) is 2. The largest absolute Gasteiger partial charge is 0.469 e. The first-order valence-corrected chi connectivity index (χ1v) is 11.7. The minimum absolute atomic E-state index is 0.0517. The van der Waals surface area contributed by atoms with E-state index in [1.807, 2.05) is 6.92 Å². The van der Waals surface area contributed by atoms with Gasteiger partial charge in [-0.15, -0.1) is 0 Å². The first-order valence-electron chi connectivity index (χ1n) is 9.23. The summed E-state index contributed by atoms with van der Waals surface area (Å²) in [4.78, 5) is 58.7. The Labute approximate surface area is 179 Å². The van der Waals surface area contributed by atoms with Gasteiger partial charge in [-0.3, -0.25) is 24.0 Å². The van der Waals surface area contributed by atoms with E-state index in [-0.39, 0.29) is 43.0 Å². The van der Waals surface area contributed by atoms with Gasteiger partial charge in [0.25, 0.3) is 0 Å². The number of nitrogens with two attached hydrogens (primary N) is 1. The smallest absolute Gasteiger partial charge is 0.322 e. The molecule has 0 fully saturated rings. The summed E-state index contributed by atoms with van der Waals surface area (Å²) < 4.78 is 9.03. The summed E-state index contributed by atoms with van der Waals surface area (Å²) in [6.07, 6.45) is 1.16. The van der Waals surface area contributed by atoms with Crippen molar-refractivity contribution in [2.45, 2.75) is 57.5 Å². The number of carbonyl (C=O) groups excluding carboxylic acids is 5. The zero-order valence-corrected chi connectivity index (χ0v) is 18.7. The highest BCUT2D eigenvalue weighted by Crippen LogP contribution is 2.23. The van der Waals surface area contributed by atoms with Gasteiger partial charge in [0.05, 0.1) is 32.4 Å². The highest BCUT2D eigenvalue weighted by atomic mass is 33.1. The maximum absolute atomic E-state index is 12.4. The highest BCUT2D eigenvalue weighted by Gasteiger charge is 2.23. The van der Waals surface area contributed by atoms with Crippen LogP contribution in [0.2, 0.25) is 0 Å². The number of nitrogens with one attached hydrogen (secondary N) is 1. The molecule has 0 aromatic rings. The second-order valence-corrected chi connectivity index (χ2v) is 8.67. The second-order valence-electron chi connectivity index (χ2n) is 6.17. The molecule has 0 bridgehead atoms. The fraction of sp³-hybridized carbons (Fsp3) is 0.722. The molecular formula is C18H30N2O7S2. The normalized spacial score (nSPS) is 12.6. The molecule has 0 aromatic heterocycles. The molecule has 11 heteroatoms. The number of hydrogen-bond donors (Lipinski definition) is 2. The lowest BCUT2D eigenvalue weighted by Gasteiger charge is -2.17. The van der Waals surface area contributed by atoms with Gasteiger partial charge in [-0.25, -0.2) is 0 Å². The fourth-order valence-electron chi connectivity index (χ4n) is 2.11. The average molecular weight is 451 g/mol. The standard InChI is InChI=1S/C18H30N2O7S2/c1-4-5-12(21)10-28-29-11-14(15(22)7-9-17(24)26-2)20-16(23)8-6-13(19)18(25)27-3/h13-14H,4-11,19H2,1-3H3,(H,20,23)/t13-,14-/m0/s1. The van der Waals surface area contributed by atoms with E-state index in [0.717, 1.165) is 6.42 Å². The van der Waals surface area contributed by atoms with Crippen LogP contribution in [-0.2, 0) is 33.4 Å². The highest BCUT2D eigenvalue weighted by molar-refractivity contribution is 8.76. The van der Waals surface area contributed by atoms with E-state index in [9.17, 15) is 24.0 Å². The minimum atomic E-state index is -0.922. The topological polar surface area (TPSA) is 142 Å². The number of ether oxygens (including phenoxy) is 2. The molecule has 1 amide bonds. The molecule has 0 saturated heterocycles. The van der Waals surface area contributed by atoms with Crippen molar-refractivity contribution in [3.63, 3.8) is 0 Å². The quantitative estimate of drug-likeness (QED) is 0.199. The van der Waals surface area contributed by atoms with Crippen LogP contribution in [0.4, 0.5) is 0 Å². The van der Waals surface area contributed by atoms with E-state index in [2.05, 4.69) is 14.8 Å². The van der Waals surface area contributed by atoms with Crippen molar-refractivity contribution in [1.82, 2.24) is 5.32 Å². The van der Waals surface area contributed by atoms with Gasteiger partial charge >= 0.3 is 11.9 Å². The third-order valence-electron chi connectivity index (χ3n) is 3.78. The third-order valence-corrected chi connectivity index (χ3v) is 6.12. The Balaban J connectivity index is 4.65. The lowest BCUT2D eigenvalue weighted by atomic mass is 10.1. The summed E-state index contributed by atoms with van der Waals surface area (Å²) in [6, 6.07) is -1.74. The predicted octanol–water partition coefficient (Wildman–Crippen LogP) is 1.02. The van der Waals surface area contributed by atoms with Crippen LogP contribution < -0.4 is 11.1 Å². The third kappa shape index (κ3) is 13.3. The molecular weight excluding hydrogens is 420 g/mol. The number of esters is 2. The van der Waals surface area contributed by atoms with Crippen molar-refractivity contribution >= 4 is 51.0 Å². The monoisotopic (exact) mass is 450 g/mol. The van der Waals surface area contributed by atoms with Gasteiger partial charge in [-0.05, 0) is 12.8 Å². The molecule has 0 aliphatic rings. The van der Waals surface area contributed by atoms with Crippen molar-refractivity contribution in [3.8, 4) is 0 Å². The van der Waals surface area contributed by atoms with Crippen LogP contribution in [0.15, 0.2) is 0 Å². The molecule has 0 aliphatic carbocycles. The second kappa shape index (κ2) is 16.2. The van der Waals surface area contributed by atoms with Gasteiger partial charge in [-0.1, -0.05) is 28.5 Å². The van der Waals surface area contributed by atoms with E-state index < -0.39 is 29.9 Å². The van der Waals surface area contributed by atoms with Crippen LogP contribution in [0.1, 0.15) is 45.4 Å². The van der Waals surface area contributed by atoms with E-state index in [0.29, 0.717) is 12.2 Å². The van der Waals surface area contributed by atoms with E-state index in [4.69, 9.17) is 5.73 Å². The Bertz CT molecular complexity index is 572. The van der Waals surface area contributed by atoms with Crippen molar-refractivity contribution in [2.75, 3.05) is 25.7 Å². The van der Waals surface area contributed by atoms with Gasteiger partial charge < -0.3 is 20.5 Å². The Morgan fingerprint density at radius 1 is 0.966 bits per heavy atom. The number of methoxy groups -OCH3 is 2. The lowest BCUT2D eigenvalue weighted by Crippen LogP contribution is -2.43. The first-order chi connectivity index (χ1) is 13.7. The summed E-state index contributed by atoms with van der Waals surface area (Å²) in [7, 11) is 5.06. The maximum Gasteiger partial charge on any atom is 0.322 e. The molecule has 166 valence electrons. The fourth-order valence-corrected chi connectivity index (χ4v) is 4.32. The van der Waals surface area contributed by atoms with Gasteiger partial charge in [0.15, 0.2) is 5.78 Å². The molecule has 29 heavy (non-hydrogen) atoms. The molecule has 3 N–H and O–H groups in total. The van der Waals surface area contributed by atoms with Crippen LogP contribution in [0, 0.1) is 0 Å². The summed E-state index contributed by atoms with van der Waals surface area (Å²) in [5.41, 5.74) is 5.60. The maximum atomic E-state index is 12.4. The zero-order valence-electron chi connectivity index (χ0n) is 17.1.